The Balaban J connectivity index is 1.62. The van der Waals surface area contributed by atoms with Crippen LogP contribution in [-0.4, -0.2) is 26.4 Å². The van der Waals surface area contributed by atoms with Gasteiger partial charge in [0.25, 0.3) is 5.91 Å². The van der Waals surface area contributed by atoms with Gasteiger partial charge in [-0.05, 0) is 16.5 Å². The van der Waals surface area contributed by atoms with Crippen molar-refractivity contribution in [1.82, 2.24) is 20.2 Å². The average Bonchev–Trinajstić information content (AvgIpc) is 3.15. The Bertz CT molecular complexity index is 1010. The third-order valence-electron chi connectivity index (χ3n) is 4.64. The summed E-state index contributed by atoms with van der Waals surface area (Å²) in [5.74, 6) is 0.696. The summed E-state index contributed by atoms with van der Waals surface area (Å²) >= 11 is 1.31. The minimum Gasteiger partial charge on any atom is -0.298 e. The molecule has 1 N–H and O–H groups in total. The molecule has 0 aliphatic heterocycles. The number of amides is 1. The van der Waals surface area contributed by atoms with Crippen LogP contribution in [0.2, 0.25) is 0 Å². The fourth-order valence-electron chi connectivity index (χ4n) is 2.96. The van der Waals surface area contributed by atoms with Crippen molar-refractivity contribution in [3.63, 3.8) is 0 Å². The second-order valence-electron chi connectivity index (χ2n) is 8.12. The zero-order valence-corrected chi connectivity index (χ0v) is 19.0. The van der Waals surface area contributed by atoms with Crippen molar-refractivity contribution in [3.8, 4) is 11.4 Å². The Morgan fingerprint density at radius 3 is 2.48 bits per heavy atom. The maximum absolute atomic E-state index is 12.1. The largest absolute Gasteiger partial charge is 0.298 e. The Kier molecular flexibility index (Phi) is 7.65. The molecule has 0 saturated carbocycles. The number of benzene rings is 2. The van der Waals surface area contributed by atoms with Crippen molar-refractivity contribution in [2.75, 3.05) is 5.75 Å². The molecule has 0 atom stereocenters. The van der Waals surface area contributed by atoms with Gasteiger partial charge in [0.05, 0.1) is 12.4 Å². The second-order valence-corrected chi connectivity index (χ2v) is 9.06. The first-order chi connectivity index (χ1) is 14.9. The van der Waals surface area contributed by atoms with Crippen LogP contribution in [-0.2, 0) is 28.2 Å². The van der Waals surface area contributed by atoms with Gasteiger partial charge in [-0.1, -0.05) is 93.2 Å². The van der Waals surface area contributed by atoms with E-state index < -0.39 is 0 Å². The summed E-state index contributed by atoms with van der Waals surface area (Å²) in [6.45, 7) is 11.3. The van der Waals surface area contributed by atoms with Gasteiger partial charge < -0.3 is 0 Å². The van der Waals surface area contributed by atoms with Crippen LogP contribution in [0.25, 0.3) is 11.4 Å². The smallest absolute Gasteiger partial charge is 0.254 e. The normalized spacial score (nSPS) is 11.3. The van der Waals surface area contributed by atoms with Crippen molar-refractivity contribution in [2.24, 2.45) is 0 Å². The number of rotatable bonds is 9. The Hall–Kier alpha value is -2.90. The van der Waals surface area contributed by atoms with Gasteiger partial charge in [0, 0.05) is 12.1 Å². The van der Waals surface area contributed by atoms with Crippen molar-refractivity contribution in [3.05, 3.63) is 78.4 Å². The fourth-order valence-corrected chi connectivity index (χ4v) is 3.69. The zero-order chi connectivity index (χ0) is 22.3. The molecule has 1 amide bonds. The first-order valence-electron chi connectivity index (χ1n) is 10.1. The molecule has 2 aromatic carbocycles. The van der Waals surface area contributed by atoms with Crippen molar-refractivity contribution < 1.29 is 9.63 Å². The lowest BCUT2D eigenvalue weighted by molar-refractivity contribution is -0.131. The monoisotopic (exact) mass is 436 g/mol. The van der Waals surface area contributed by atoms with Gasteiger partial charge in [-0.15, -0.1) is 16.8 Å². The molecule has 3 aromatic rings. The Morgan fingerprint density at radius 2 is 1.84 bits per heavy atom. The average molecular weight is 437 g/mol. The SMILES string of the molecule is C=CCn1c(SCC(=O)NOCc2ccccc2)nnc1-c1ccc(C(C)(C)C)cc1. The van der Waals surface area contributed by atoms with Gasteiger partial charge in [-0.2, -0.15) is 0 Å². The lowest BCUT2D eigenvalue weighted by atomic mass is 9.87. The number of hydrogen-bond donors (Lipinski definition) is 1. The van der Waals surface area contributed by atoms with Gasteiger partial charge in [0.15, 0.2) is 11.0 Å². The van der Waals surface area contributed by atoms with E-state index in [1.54, 1.807) is 6.08 Å². The summed E-state index contributed by atoms with van der Waals surface area (Å²) in [6.07, 6.45) is 1.80. The third kappa shape index (κ3) is 6.29. The van der Waals surface area contributed by atoms with E-state index in [2.05, 4.69) is 67.3 Å². The Labute approximate surface area is 187 Å². The number of hydrogen-bond acceptors (Lipinski definition) is 5. The molecule has 0 radical (unpaired) electrons. The van der Waals surface area contributed by atoms with E-state index in [-0.39, 0.29) is 17.1 Å². The maximum atomic E-state index is 12.1. The molecule has 3 rings (SSSR count). The number of carbonyl (C=O) groups excluding carboxylic acids is 1. The molecular formula is C24H28N4O2S. The number of carbonyl (C=O) groups is 1. The van der Waals surface area contributed by atoms with Gasteiger partial charge >= 0.3 is 0 Å². The highest BCUT2D eigenvalue weighted by Crippen LogP contribution is 2.27. The number of hydroxylamine groups is 1. The van der Waals surface area contributed by atoms with Crippen LogP contribution in [0.4, 0.5) is 0 Å². The molecular weight excluding hydrogens is 408 g/mol. The molecule has 1 heterocycles. The van der Waals surface area contributed by atoms with Crippen molar-refractivity contribution in [2.45, 2.75) is 44.5 Å². The van der Waals surface area contributed by atoms with Gasteiger partial charge in [-0.25, -0.2) is 5.48 Å². The summed E-state index contributed by atoms with van der Waals surface area (Å²) < 4.78 is 1.96. The van der Waals surface area contributed by atoms with Gasteiger partial charge in [0.1, 0.15) is 0 Å². The number of nitrogens with zero attached hydrogens (tertiary/aromatic N) is 3. The molecule has 0 bridgehead atoms. The molecule has 0 fully saturated rings. The summed E-state index contributed by atoms with van der Waals surface area (Å²) in [5.41, 5.74) is 5.78. The van der Waals surface area contributed by atoms with E-state index in [9.17, 15) is 4.79 Å². The summed E-state index contributed by atoms with van der Waals surface area (Å²) in [7, 11) is 0. The van der Waals surface area contributed by atoms with Crippen LogP contribution in [0.5, 0.6) is 0 Å². The lowest BCUT2D eigenvalue weighted by Crippen LogP contribution is -2.25. The van der Waals surface area contributed by atoms with Crippen LogP contribution in [0.3, 0.4) is 0 Å². The highest BCUT2D eigenvalue weighted by Gasteiger charge is 2.17. The Morgan fingerprint density at radius 1 is 1.13 bits per heavy atom. The minimum atomic E-state index is -0.231. The minimum absolute atomic E-state index is 0.0876. The number of aromatic nitrogens is 3. The van der Waals surface area contributed by atoms with Crippen molar-refractivity contribution in [1.29, 1.82) is 0 Å². The van der Waals surface area contributed by atoms with E-state index in [1.807, 2.05) is 34.9 Å². The quantitative estimate of drug-likeness (QED) is 0.297. The lowest BCUT2D eigenvalue weighted by Gasteiger charge is -2.19. The van der Waals surface area contributed by atoms with E-state index in [0.29, 0.717) is 18.3 Å². The topological polar surface area (TPSA) is 69.0 Å². The predicted octanol–water partition coefficient (Wildman–Crippen LogP) is 4.77. The third-order valence-corrected chi connectivity index (χ3v) is 5.60. The fraction of sp³-hybridized carbons (Fsp3) is 0.292. The molecule has 7 heteroatoms. The number of nitrogens with one attached hydrogen (secondary N) is 1. The first-order valence-corrected chi connectivity index (χ1v) is 11.1. The van der Waals surface area contributed by atoms with Crippen LogP contribution in [0.1, 0.15) is 31.9 Å². The molecule has 1 aromatic heterocycles. The zero-order valence-electron chi connectivity index (χ0n) is 18.2. The van der Waals surface area contributed by atoms with Gasteiger partial charge in [-0.3, -0.25) is 14.2 Å². The van der Waals surface area contributed by atoms with Crippen LogP contribution < -0.4 is 5.48 Å². The van der Waals surface area contributed by atoms with Crippen LogP contribution in [0, 0.1) is 0 Å². The standard InChI is InChI=1S/C24H28N4O2S/c1-5-15-28-22(19-11-13-20(14-12-19)24(2,3)4)25-26-23(28)31-17-21(29)27-30-16-18-9-7-6-8-10-18/h5-14H,1,15-17H2,2-4H3,(H,27,29). The molecule has 6 nitrogen and oxygen atoms in total. The molecule has 0 aliphatic carbocycles. The first kappa shape index (κ1) is 22.8. The predicted molar refractivity (Wildman–Crippen MR) is 124 cm³/mol. The maximum Gasteiger partial charge on any atom is 0.254 e. The summed E-state index contributed by atoms with van der Waals surface area (Å²) in [4.78, 5) is 17.4. The highest BCUT2D eigenvalue weighted by atomic mass is 32.2. The number of allylic oxidation sites excluding steroid dienone is 1. The van der Waals surface area contributed by atoms with Gasteiger partial charge in [0.2, 0.25) is 0 Å². The van der Waals surface area contributed by atoms with Crippen LogP contribution in [0.15, 0.2) is 72.4 Å². The molecule has 0 spiro atoms. The van der Waals surface area contributed by atoms with E-state index >= 15 is 0 Å². The van der Waals surface area contributed by atoms with E-state index in [0.717, 1.165) is 17.0 Å². The number of thioether (sulfide) groups is 1. The molecule has 162 valence electrons. The van der Waals surface area contributed by atoms with E-state index in [1.165, 1.54) is 17.3 Å². The van der Waals surface area contributed by atoms with Crippen LogP contribution >= 0.6 is 11.8 Å². The molecule has 31 heavy (non-hydrogen) atoms. The summed E-state index contributed by atoms with van der Waals surface area (Å²) in [5, 5.41) is 9.31. The molecule has 0 saturated heterocycles. The summed E-state index contributed by atoms with van der Waals surface area (Å²) in [6, 6.07) is 18.0. The highest BCUT2D eigenvalue weighted by molar-refractivity contribution is 7.99. The second kappa shape index (κ2) is 10.4. The van der Waals surface area contributed by atoms with E-state index in [4.69, 9.17) is 4.84 Å². The van der Waals surface area contributed by atoms with Crippen molar-refractivity contribution >= 4 is 17.7 Å². The molecule has 0 unspecified atom stereocenters. The molecule has 0 aliphatic rings.